The topological polar surface area (TPSA) is 298 Å². The Bertz CT molecular complexity index is 1660. The quantitative estimate of drug-likeness (QED) is 0.0874. The molecule has 7 rings (SSSR count). The van der Waals surface area contributed by atoms with Crippen LogP contribution in [0.1, 0.15) is 107 Å². The van der Waals surface area contributed by atoms with Crippen LogP contribution in [0.2, 0.25) is 0 Å². The summed E-state index contributed by atoms with van der Waals surface area (Å²) >= 11 is 0. The molecule has 18 nitrogen and oxygen atoms in total. The largest absolute Gasteiger partial charge is 0.394 e. The van der Waals surface area contributed by atoms with E-state index in [-0.39, 0.29) is 30.3 Å². The van der Waals surface area contributed by atoms with Crippen LogP contribution in [-0.4, -0.2) is 191 Å². The van der Waals surface area contributed by atoms with Crippen LogP contribution < -0.4 is 0 Å². The van der Waals surface area contributed by atoms with Gasteiger partial charge in [-0.3, -0.25) is 0 Å². The Balaban J connectivity index is 1.27. The molecule has 0 aromatic carbocycles. The number of hydrogen-bond acceptors (Lipinski definition) is 18. The number of aliphatic hydroxyl groups excluding tert-OH is 12. The van der Waals surface area contributed by atoms with Crippen molar-refractivity contribution < 1.29 is 89.7 Å². The van der Waals surface area contributed by atoms with Gasteiger partial charge in [-0.2, -0.15) is 0 Å². The monoisotopic (exact) mass is 933 g/mol. The van der Waals surface area contributed by atoms with Crippen LogP contribution in [0, 0.1) is 45.3 Å². The summed E-state index contributed by atoms with van der Waals surface area (Å²) in [7, 11) is 0. The molecule has 376 valence electrons. The fourth-order valence-corrected chi connectivity index (χ4v) is 14.6. The Labute approximate surface area is 382 Å². The molecule has 25 atom stereocenters. The highest BCUT2D eigenvalue weighted by molar-refractivity contribution is 5.22. The Hall–Kier alpha value is -0.980. The van der Waals surface area contributed by atoms with Crippen LogP contribution in [0.15, 0.2) is 11.6 Å². The minimum Gasteiger partial charge on any atom is -0.394 e. The molecule has 3 saturated heterocycles. The lowest BCUT2D eigenvalue weighted by Crippen LogP contribution is -2.71. The molecule has 12 N–H and O–H groups in total. The van der Waals surface area contributed by atoms with Gasteiger partial charge in [0.05, 0.1) is 43.7 Å². The maximum atomic E-state index is 12.7. The van der Waals surface area contributed by atoms with Crippen LogP contribution >= 0.6 is 0 Å². The fraction of sp³-hybridized carbons (Fsp3) is 0.957. The Morgan fingerprint density at radius 3 is 1.94 bits per heavy atom. The highest BCUT2D eigenvalue weighted by atomic mass is 16.8. The zero-order valence-corrected chi connectivity index (χ0v) is 39.3. The lowest BCUT2D eigenvalue weighted by molar-refractivity contribution is -0.377. The van der Waals surface area contributed by atoms with Crippen molar-refractivity contribution in [1.29, 1.82) is 0 Å². The van der Waals surface area contributed by atoms with E-state index in [2.05, 4.69) is 26.8 Å². The van der Waals surface area contributed by atoms with E-state index in [1.807, 2.05) is 34.6 Å². The standard InChI is InChI=1S/C47H80O18/c1-21(2)10-9-13-47(8,65-41-37(59)34(56)32(54)26(18-48)62-41)22-11-15-45(6)30(22)23(50)16-28-44(5)14-12-29(52)43(3,4)39(44)25(17-46(28,45)7)61-42-38(35(57)33(55)27(19-49)63-42)64-40-36(58)31(53)24(51)20-60-40/h10,22-42,48-59H,9,11-20H2,1-8H3/t22-,23+,24+,25-,26+,27+,28+,29-,30-,31-,32+,33+,34-,35-,36+,37+,38+,39-,40+,41-,42+,44+,45+,46+,47-/m0/s1. The summed E-state index contributed by atoms with van der Waals surface area (Å²) in [6, 6.07) is 0. The molecule has 3 heterocycles. The maximum Gasteiger partial charge on any atom is 0.187 e. The minimum atomic E-state index is -1.73. The highest BCUT2D eigenvalue weighted by Gasteiger charge is 2.74. The van der Waals surface area contributed by atoms with Gasteiger partial charge in [0.1, 0.15) is 67.1 Å². The van der Waals surface area contributed by atoms with Gasteiger partial charge in [0.25, 0.3) is 0 Å². The minimum absolute atomic E-state index is 0.0828. The molecule has 65 heavy (non-hydrogen) atoms. The van der Waals surface area contributed by atoms with E-state index >= 15 is 0 Å². The third kappa shape index (κ3) is 8.72. The first-order valence-corrected chi connectivity index (χ1v) is 23.9. The van der Waals surface area contributed by atoms with Crippen LogP contribution in [0.25, 0.3) is 0 Å². The average Bonchev–Trinajstić information content (AvgIpc) is 3.63. The molecule has 0 aromatic heterocycles. The predicted molar refractivity (Wildman–Crippen MR) is 229 cm³/mol. The Morgan fingerprint density at radius 2 is 1.31 bits per heavy atom. The maximum absolute atomic E-state index is 12.7. The molecule has 0 radical (unpaired) electrons. The van der Waals surface area contributed by atoms with Gasteiger partial charge in [0.15, 0.2) is 18.9 Å². The molecule has 4 saturated carbocycles. The van der Waals surface area contributed by atoms with Gasteiger partial charge in [0, 0.05) is 0 Å². The van der Waals surface area contributed by atoms with Crippen LogP contribution in [0.3, 0.4) is 0 Å². The van der Waals surface area contributed by atoms with Crippen molar-refractivity contribution in [3.8, 4) is 0 Å². The summed E-state index contributed by atoms with van der Waals surface area (Å²) < 4.78 is 37.7. The Kier molecular flexibility index (Phi) is 15.1. The smallest absolute Gasteiger partial charge is 0.187 e. The molecule has 18 heteroatoms. The molecule has 0 amide bonds. The summed E-state index contributed by atoms with van der Waals surface area (Å²) in [6.45, 7) is 15.0. The van der Waals surface area contributed by atoms with E-state index in [1.54, 1.807) is 0 Å². The summed E-state index contributed by atoms with van der Waals surface area (Å²) in [4.78, 5) is 0. The van der Waals surface area contributed by atoms with Crippen molar-refractivity contribution in [2.24, 2.45) is 45.3 Å². The number of hydrogen-bond donors (Lipinski definition) is 12. The van der Waals surface area contributed by atoms with Crippen LogP contribution in [0.5, 0.6) is 0 Å². The molecule has 0 aromatic rings. The highest BCUT2D eigenvalue weighted by Crippen LogP contribution is 2.76. The first-order valence-electron chi connectivity index (χ1n) is 23.9. The van der Waals surface area contributed by atoms with Crippen molar-refractivity contribution in [2.45, 2.75) is 217 Å². The third-order valence-electron chi connectivity index (χ3n) is 18.3. The second kappa shape index (κ2) is 19.0. The summed E-state index contributed by atoms with van der Waals surface area (Å²) in [5.41, 5.74) is -2.41. The Morgan fingerprint density at radius 1 is 0.692 bits per heavy atom. The van der Waals surface area contributed by atoms with Gasteiger partial charge in [0.2, 0.25) is 0 Å². The molecule has 7 fully saturated rings. The second-order valence-corrected chi connectivity index (χ2v) is 22.6. The molecular formula is C47H80O18. The summed E-state index contributed by atoms with van der Waals surface area (Å²) in [5, 5.41) is 131. The van der Waals surface area contributed by atoms with Crippen molar-refractivity contribution in [3.05, 3.63) is 11.6 Å². The zero-order chi connectivity index (χ0) is 47.9. The number of fused-ring (bicyclic) bond motifs is 5. The van der Waals surface area contributed by atoms with E-state index in [4.69, 9.17) is 28.4 Å². The van der Waals surface area contributed by atoms with Crippen LogP contribution in [0.4, 0.5) is 0 Å². The van der Waals surface area contributed by atoms with Crippen molar-refractivity contribution >= 4 is 0 Å². The fourth-order valence-electron chi connectivity index (χ4n) is 14.6. The number of rotatable bonds is 12. The lowest BCUT2D eigenvalue weighted by Gasteiger charge is -2.72. The predicted octanol–water partition coefficient (Wildman–Crippen LogP) is -0.417. The molecule has 7 aliphatic rings. The molecule has 0 spiro atoms. The molecule has 3 aliphatic heterocycles. The van der Waals surface area contributed by atoms with Crippen molar-refractivity contribution in [2.75, 3.05) is 19.8 Å². The third-order valence-corrected chi connectivity index (χ3v) is 18.3. The van der Waals surface area contributed by atoms with Crippen LogP contribution in [-0.2, 0) is 28.4 Å². The van der Waals surface area contributed by atoms with Gasteiger partial charge in [-0.15, -0.1) is 0 Å². The van der Waals surface area contributed by atoms with E-state index in [9.17, 15) is 61.3 Å². The lowest BCUT2D eigenvalue weighted by atomic mass is 9.34. The van der Waals surface area contributed by atoms with Crippen molar-refractivity contribution in [1.82, 2.24) is 0 Å². The SMILES string of the molecule is CC(C)=CCC[C@](C)(O[C@@H]1O[C@H](CO)[C@@H](O)[C@H](O)[C@H]1O)[C@H]1CC[C@]2(C)[C@@H]1[C@H](O)C[C@@H]1[C@@]3(C)CC[C@H](O)C(C)(C)[C@@H]3[C@@H](O[C@@H]3O[C@H](CO)[C@@H](O)[C@H](O)[C@H]3O[C@H]3OC[C@@H](O)[C@H](O)[C@H]3O)C[C@]12C. The number of ether oxygens (including phenoxy) is 6. The molecule has 4 aliphatic carbocycles. The normalized spacial score (nSPS) is 53.0. The van der Waals surface area contributed by atoms with Gasteiger partial charge < -0.3 is 89.7 Å². The van der Waals surface area contributed by atoms with E-state index in [0.717, 1.165) is 5.57 Å². The second-order valence-electron chi connectivity index (χ2n) is 22.6. The van der Waals surface area contributed by atoms with Crippen molar-refractivity contribution in [3.63, 3.8) is 0 Å². The summed E-state index contributed by atoms with van der Waals surface area (Å²) in [5.74, 6) is -1.11. The number of aliphatic hydroxyl groups is 12. The molecule has 0 bridgehead atoms. The molecular weight excluding hydrogens is 852 g/mol. The van der Waals surface area contributed by atoms with Gasteiger partial charge in [-0.1, -0.05) is 46.3 Å². The van der Waals surface area contributed by atoms with Gasteiger partial charge in [-0.05, 0) is 117 Å². The molecule has 0 unspecified atom stereocenters. The number of allylic oxidation sites excluding steroid dienone is 2. The zero-order valence-electron chi connectivity index (χ0n) is 39.3. The van der Waals surface area contributed by atoms with Gasteiger partial charge in [-0.25, -0.2) is 0 Å². The van der Waals surface area contributed by atoms with E-state index in [0.29, 0.717) is 51.4 Å². The first-order chi connectivity index (χ1) is 30.3. The summed E-state index contributed by atoms with van der Waals surface area (Å²) in [6.07, 6.45) is -17.2. The van der Waals surface area contributed by atoms with E-state index < -0.39 is 145 Å². The van der Waals surface area contributed by atoms with Gasteiger partial charge >= 0.3 is 0 Å². The van der Waals surface area contributed by atoms with E-state index in [1.165, 1.54) is 0 Å². The average molecular weight is 933 g/mol. The first kappa shape index (κ1) is 51.9.